The molecule has 0 radical (unpaired) electrons. The molecule has 1 saturated carbocycles. The SMILES string of the molecule is CCOC(=O)N1CCN(C(=O)C(CCO)NC(=O)c2cc(O[C@H](C)C(=O)N3CCCC3C(=O)NC3CCC3)c3ccc(C)cc3n2)CC1. The number of aryl methyl sites for hydroxylation is 1. The van der Waals surface area contributed by atoms with E-state index in [4.69, 9.17) is 9.47 Å². The average molecular weight is 667 g/mol. The molecule has 1 aliphatic carbocycles. The van der Waals surface area contributed by atoms with Crippen molar-refractivity contribution in [3.05, 3.63) is 35.5 Å². The van der Waals surface area contributed by atoms with E-state index in [-0.39, 0.29) is 81.0 Å². The van der Waals surface area contributed by atoms with E-state index in [1.807, 2.05) is 19.1 Å². The molecule has 3 aliphatic rings. The lowest BCUT2D eigenvalue weighted by molar-refractivity contribution is -0.143. The third kappa shape index (κ3) is 7.97. The van der Waals surface area contributed by atoms with Gasteiger partial charge in [0.15, 0.2) is 6.10 Å². The van der Waals surface area contributed by atoms with Gasteiger partial charge in [0, 0.05) is 56.8 Å². The van der Waals surface area contributed by atoms with E-state index < -0.39 is 30.2 Å². The zero-order chi connectivity index (χ0) is 34.4. The number of hydrogen-bond acceptors (Lipinski definition) is 9. The third-order valence-electron chi connectivity index (χ3n) is 9.24. The van der Waals surface area contributed by atoms with Gasteiger partial charge in [-0.25, -0.2) is 9.78 Å². The second-order valence-electron chi connectivity index (χ2n) is 12.7. The van der Waals surface area contributed by atoms with Crippen molar-refractivity contribution in [1.82, 2.24) is 30.3 Å². The number of pyridine rings is 1. The summed E-state index contributed by atoms with van der Waals surface area (Å²) in [6.45, 7) is 6.70. The first kappa shape index (κ1) is 34.9. The van der Waals surface area contributed by atoms with Crippen molar-refractivity contribution in [1.29, 1.82) is 0 Å². The molecule has 1 aromatic carbocycles. The van der Waals surface area contributed by atoms with Crippen LogP contribution in [0.1, 0.15) is 68.4 Å². The lowest BCUT2D eigenvalue weighted by atomic mass is 9.93. The summed E-state index contributed by atoms with van der Waals surface area (Å²) in [6, 6.07) is 5.53. The van der Waals surface area contributed by atoms with Crippen LogP contribution in [0.3, 0.4) is 0 Å². The van der Waals surface area contributed by atoms with Gasteiger partial charge in [0.1, 0.15) is 23.5 Å². The van der Waals surface area contributed by atoms with Crippen LogP contribution in [0.4, 0.5) is 4.79 Å². The molecule has 5 rings (SSSR count). The van der Waals surface area contributed by atoms with Crippen molar-refractivity contribution in [3.63, 3.8) is 0 Å². The first-order valence-corrected chi connectivity index (χ1v) is 16.9. The molecule has 2 unspecified atom stereocenters. The molecule has 3 heterocycles. The maximum Gasteiger partial charge on any atom is 0.409 e. The van der Waals surface area contributed by atoms with Gasteiger partial charge >= 0.3 is 6.09 Å². The van der Waals surface area contributed by atoms with Gasteiger partial charge in [-0.3, -0.25) is 19.2 Å². The maximum absolute atomic E-state index is 13.6. The number of carbonyl (C=O) groups is 5. The van der Waals surface area contributed by atoms with Crippen LogP contribution in [-0.2, 0) is 19.1 Å². The number of amides is 5. The van der Waals surface area contributed by atoms with Gasteiger partial charge in [0.25, 0.3) is 11.8 Å². The second-order valence-corrected chi connectivity index (χ2v) is 12.7. The standard InChI is InChI=1S/C34H46N6O8/c1-4-47-34(46)39-16-14-38(15-17-39)33(45)25(12-18-41)37-30(42)27-20-29(24-11-10-21(2)19-26(24)36-27)48-22(3)32(44)40-13-6-9-28(40)31(43)35-23-7-5-8-23/h10-11,19-20,22-23,25,28,41H,4-9,12-18H2,1-3H3,(H,35,43)(H,37,42)/t22-,25?,28?/m1/s1. The number of hydrogen-bond donors (Lipinski definition) is 3. The minimum absolute atomic E-state index is 0.0183. The highest BCUT2D eigenvalue weighted by atomic mass is 16.6. The first-order chi connectivity index (χ1) is 23.1. The maximum atomic E-state index is 13.6. The molecule has 3 N–H and O–H groups in total. The molecule has 5 amide bonds. The zero-order valence-electron chi connectivity index (χ0n) is 27.9. The monoisotopic (exact) mass is 666 g/mol. The Hall–Kier alpha value is -4.46. The topological polar surface area (TPSA) is 171 Å². The Labute approximate surface area is 280 Å². The molecule has 2 aliphatic heterocycles. The number of fused-ring (bicyclic) bond motifs is 1. The highest BCUT2D eigenvalue weighted by Crippen LogP contribution is 2.29. The van der Waals surface area contributed by atoms with E-state index in [0.29, 0.717) is 23.9 Å². The first-order valence-electron chi connectivity index (χ1n) is 16.9. The summed E-state index contributed by atoms with van der Waals surface area (Å²) < 4.78 is 11.3. The summed E-state index contributed by atoms with van der Waals surface area (Å²) in [5.74, 6) is -1.21. The van der Waals surface area contributed by atoms with Crippen molar-refractivity contribution in [2.45, 2.75) is 83.5 Å². The molecule has 260 valence electrons. The van der Waals surface area contributed by atoms with E-state index in [9.17, 15) is 29.1 Å². The molecular weight excluding hydrogens is 620 g/mol. The lowest BCUT2D eigenvalue weighted by Gasteiger charge is -2.35. The highest BCUT2D eigenvalue weighted by molar-refractivity contribution is 5.99. The quantitative estimate of drug-likeness (QED) is 0.323. The third-order valence-corrected chi connectivity index (χ3v) is 9.24. The van der Waals surface area contributed by atoms with Crippen LogP contribution in [0.15, 0.2) is 24.3 Å². The molecule has 3 atom stereocenters. The number of aliphatic hydroxyl groups excluding tert-OH is 1. The van der Waals surface area contributed by atoms with E-state index in [1.165, 1.54) is 11.0 Å². The van der Waals surface area contributed by atoms with Gasteiger partial charge in [-0.1, -0.05) is 6.07 Å². The number of benzene rings is 1. The normalized spacial score (nSPS) is 19.3. The molecule has 0 bridgehead atoms. The van der Waals surface area contributed by atoms with Gasteiger partial charge in [0.05, 0.1) is 12.1 Å². The largest absolute Gasteiger partial charge is 0.480 e. The Kier molecular flexibility index (Phi) is 11.3. The number of rotatable bonds is 11. The van der Waals surface area contributed by atoms with Gasteiger partial charge in [-0.2, -0.15) is 0 Å². The predicted molar refractivity (Wildman–Crippen MR) is 175 cm³/mol. The van der Waals surface area contributed by atoms with E-state index >= 15 is 0 Å². The molecular formula is C34H46N6O8. The molecule has 2 saturated heterocycles. The smallest absolute Gasteiger partial charge is 0.409 e. The fourth-order valence-electron chi connectivity index (χ4n) is 6.31. The summed E-state index contributed by atoms with van der Waals surface area (Å²) in [7, 11) is 0. The van der Waals surface area contributed by atoms with Crippen LogP contribution in [0.25, 0.3) is 10.9 Å². The summed E-state index contributed by atoms with van der Waals surface area (Å²) in [6.07, 6.45) is 2.91. The Morgan fingerprint density at radius 3 is 2.38 bits per heavy atom. The Morgan fingerprint density at radius 1 is 0.979 bits per heavy atom. The second kappa shape index (κ2) is 15.6. The van der Waals surface area contributed by atoms with Crippen molar-refractivity contribution < 1.29 is 38.6 Å². The van der Waals surface area contributed by atoms with Gasteiger partial charge in [-0.15, -0.1) is 0 Å². The van der Waals surface area contributed by atoms with Crippen LogP contribution in [0, 0.1) is 6.92 Å². The molecule has 2 aromatic rings. The summed E-state index contributed by atoms with van der Waals surface area (Å²) >= 11 is 0. The van der Waals surface area contributed by atoms with Crippen LogP contribution in [-0.4, -0.2) is 125 Å². The number of likely N-dealkylation sites (tertiary alicyclic amines) is 1. The number of nitrogens with zero attached hydrogens (tertiary/aromatic N) is 4. The Balaban J connectivity index is 1.30. The van der Waals surface area contributed by atoms with Crippen LogP contribution in [0.5, 0.6) is 5.75 Å². The molecule has 1 aromatic heterocycles. The number of piperazine rings is 1. The molecule has 0 spiro atoms. The summed E-state index contributed by atoms with van der Waals surface area (Å²) in [4.78, 5) is 74.9. The zero-order valence-corrected chi connectivity index (χ0v) is 27.9. The summed E-state index contributed by atoms with van der Waals surface area (Å²) in [5, 5.41) is 16.1. The highest BCUT2D eigenvalue weighted by Gasteiger charge is 2.38. The van der Waals surface area contributed by atoms with Crippen molar-refractivity contribution in [3.8, 4) is 5.75 Å². The average Bonchev–Trinajstić information content (AvgIpc) is 3.55. The van der Waals surface area contributed by atoms with Gasteiger partial charge in [-0.05, 0) is 77.0 Å². The minimum Gasteiger partial charge on any atom is -0.480 e. The Morgan fingerprint density at radius 2 is 1.71 bits per heavy atom. The molecule has 3 fully saturated rings. The van der Waals surface area contributed by atoms with Crippen LogP contribution < -0.4 is 15.4 Å². The summed E-state index contributed by atoms with van der Waals surface area (Å²) in [5.41, 5.74) is 1.34. The van der Waals surface area contributed by atoms with Gasteiger partial charge in [0.2, 0.25) is 11.8 Å². The number of aliphatic hydroxyl groups is 1. The molecule has 14 nitrogen and oxygen atoms in total. The fourth-order valence-corrected chi connectivity index (χ4v) is 6.31. The van der Waals surface area contributed by atoms with Crippen LogP contribution in [0.2, 0.25) is 0 Å². The fraction of sp³-hybridized carbons (Fsp3) is 0.588. The predicted octanol–water partition coefficient (Wildman–Crippen LogP) is 1.75. The number of carbonyl (C=O) groups excluding carboxylic acids is 5. The Bertz CT molecular complexity index is 1520. The van der Waals surface area contributed by atoms with Crippen molar-refractivity contribution in [2.75, 3.05) is 45.9 Å². The molecule has 14 heteroatoms. The van der Waals surface area contributed by atoms with Gasteiger partial charge < -0.3 is 39.9 Å². The minimum atomic E-state index is -1.03. The number of ether oxygens (including phenoxy) is 2. The van der Waals surface area contributed by atoms with E-state index in [1.54, 1.807) is 29.7 Å². The number of aromatic nitrogens is 1. The molecule has 48 heavy (non-hydrogen) atoms. The van der Waals surface area contributed by atoms with E-state index in [0.717, 1.165) is 31.2 Å². The number of nitrogens with one attached hydrogen (secondary N) is 2. The van der Waals surface area contributed by atoms with Crippen molar-refractivity contribution in [2.24, 2.45) is 0 Å². The van der Waals surface area contributed by atoms with E-state index in [2.05, 4.69) is 15.6 Å². The lowest BCUT2D eigenvalue weighted by Crippen LogP contribution is -2.56. The van der Waals surface area contributed by atoms with Crippen LogP contribution >= 0.6 is 0 Å². The van der Waals surface area contributed by atoms with Crippen molar-refractivity contribution >= 4 is 40.6 Å².